The highest BCUT2D eigenvalue weighted by molar-refractivity contribution is 5.31. The van der Waals surface area contributed by atoms with Gasteiger partial charge in [-0.2, -0.15) is 13.2 Å². The van der Waals surface area contributed by atoms with Crippen LogP contribution in [0.3, 0.4) is 0 Å². The number of furan rings is 1. The lowest BCUT2D eigenvalue weighted by molar-refractivity contribution is -0.137. The van der Waals surface area contributed by atoms with Crippen LogP contribution in [0.15, 0.2) is 40.8 Å². The van der Waals surface area contributed by atoms with Gasteiger partial charge in [-0.1, -0.05) is 19.1 Å². The highest BCUT2D eigenvalue weighted by Gasteiger charge is 2.30. The van der Waals surface area contributed by atoms with Crippen molar-refractivity contribution >= 4 is 0 Å². The van der Waals surface area contributed by atoms with Crippen LogP contribution < -0.4 is 5.32 Å². The zero-order valence-corrected chi connectivity index (χ0v) is 11.3. The van der Waals surface area contributed by atoms with Crippen LogP contribution >= 0.6 is 0 Å². The molecule has 2 nitrogen and oxygen atoms in total. The first-order chi connectivity index (χ1) is 9.45. The van der Waals surface area contributed by atoms with Gasteiger partial charge in [0.15, 0.2) is 0 Å². The molecule has 2 rings (SSSR count). The zero-order chi connectivity index (χ0) is 14.8. The van der Waals surface area contributed by atoms with Crippen molar-refractivity contribution in [1.29, 1.82) is 0 Å². The van der Waals surface area contributed by atoms with Crippen molar-refractivity contribution in [1.82, 2.24) is 5.32 Å². The molecule has 0 amide bonds. The van der Waals surface area contributed by atoms with Crippen molar-refractivity contribution in [2.24, 2.45) is 0 Å². The van der Waals surface area contributed by atoms with Gasteiger partial charge in [0.25, 0.3) is 0 Å². The Labute approximate surface area is 115 Å². The maximum absolute atomic E-state index is 12.5. The van der Waals surface area contributed by atoms with E-state index in [-0.39, 0.29) is 6.04 Å². The summed E-state index contributed by atoms with van der Waals surface area (Å²) in [5.41, 5.74) is 0.0855. The van der Waals surface area contributed by atoms with Gasteiger partial charge in [0.05, 0.1) is 11.6 Å². The third-order valence-corrected chi connectivity index (χ3v) is 3.18. The van der Waals surface area contributed by atoms with Gasteiger partial charge in [-0.15, -0.1) is 0 Å². The Morgan fingerprint density at radius 1 is 1.10 bits per heavy atom. The second kappa shape index (κ2) is 5.71. The molecule has 0 spiro atoms. The number of aryl methyl sites for hydroxylation is 1. The normalized spacial score (nSPS) is 13.4. The van der Waals surface area contributed by atoms with Gasteiger partial charge in [0, 0.05) is 6.42 Å². The smallest absolute Gasteiger partial charge is 0.416 e. The van der Waals surface area contributed by atoms with Gasteiger partial charge < -0.3 is 9.73 Å². The molecule has 1 atom stereocenters. The molecule has 1 aromatic carbocycles. The Morgan fingerprint density at radius 3 is 2.20 bits per heavy atom. The van der Waals surface area contributed by atoms with E-state index >= 15 is 0 Å². The third kappa shape index (κ3) is 3.04. The Balaban J connectivity index is 2.28. The predicted octanol–water partition coefficient (Wildman–Crippen LogP) is 4.17. The Kier molecular flexibility index (Phi) is 4.18. The maximum Gasteiger partial charge on any atom is 0.416 e. The Morgan fingerprint density at radius 2 is 1.75 bits per heavy atom. The second-order valence-electron chi connectivity index (χ2n) is 4.50. The molecule has 0 saturated heterocycles. The summed E-state index contributed by atoms with van der Waals surface area (Å²) in [5.74, 6) is 1.55. The minimum absolute atomic E-state index is 0.252. The summed E-state index contributed by atoms with van der Waals surface area (Å²) in [6, 6.07) is 8.59. The first kappa shape index (κ1) is 14.7. The van der Waals surface area contributed by atoms with Crippen molar-refractivity contribution in [3.05, 3.63) is 59.0 Å². The summed E-state index contributed by atoms with van der Waals surface area (Å²) >= 11 is 0. The molecule has 20 heavy (non-hydrogen) atoms. The van der Waals surface area contributed by atoms with Crippen molar-refractivity contribution < 1.29 is 17.6 Å². The maximum atomic E-state index is 12.5. The first-order valence-corrected chi connectivity index (χ1v) is 6.38. The average molecular weight is 283 g/mol. The lowest BCUT2D eigenvalue weighted by Gasteiger charge is -2.15. The SMILES string of the molecule is CCc1ccc(C(NC)c2ccc(C(F)(F)F)cc2)o1. The summed E-state index contributed by atoms with van der Waals surface area (Å²) in [5, 5.41) is 3.06. The molecule has 0 aliphatic rings. The van der Waals surface area contributed by atoms with Crippen LogP contribution in [-0.2, 0) is 12.6 Å². The van der Waals surface area contributed by atoms with Crippen molar-refractivity contribution in [3.63, 3.8) is 0 Å². The highest BCUT2D eigenvalue weighted by Crippen LogP contribution is 2.31. The van der Waals surface area contributed by atoms with Crippen LogP contribution in [0.2, 0.25) is 0 Å². The molecule has 0 radical (unpaired) electrons. The topological polar surface area (TPSA) is 25.2 Å². The Bertz CT molecular complexity index is 557. The number of hydrogen-bond acceptors (Lipinski definition) is 2. The van der Waals surface area contributed by atoms with Crippen molar-refractivity contribution in [3.8, 4) is 0 Å². The fraction of sp³-hybridized carbons (Fsp3) is 0.333. The summed E-state index contributed by atoms with van der Waals surface area (Å²) in [6.07, 6.45) is -3.53. The van der Waals surface area contributed by atoms with Crippen molar-refractivity contribution in [2.45, 2.75) is 25.6 Å². The molecule has 5 heteroatoms. The van der Waals surface area contributed by atoms with E-state index in [1.54, 1.807) is 7.05 Å². The van der Waals surface area contributed by atoms with E-state index in [1.165, 1.54) is 12.1 Å². The molecule has 1 N–H and O–H groups in total. The molecule has 0 bridgehead atoms. The van der Waals surface area contributed by atoms with E-state index < -0.39 is 11.7 Å². The fourth-order valence-electron chi connectivity index (χ4n) is 2.08. The third-order valence-electron chi connectivity index (χ3n) is 3.18. The van der Waals surface area contributed by atoms with Crippen LogP contribution in [0.25, 0.3) is 0 Å². The molecular weight excluding hydrogens is 267 g/mol. The largest absolute Gasteiger partial charge is 0.464 e. The lowest BCUT2D eigenvalue weighted by atomic mass is 10.0. The number of alkyl halides is 3. The van der Waals surface area contributed by atoms with Crippen LogP contribution in [0.4, 0.5) is 13.2 Å². The van der Waals surface area contributed by atoms with E-state index in [4.69, 9.17) is 4.42 Å². The monoisotopic (exact) mass is 283 g/mol. The lowest BCUT2D eigenvalue weighted by Crippen LogP contribution is -2.17. The molecule has 2 aromatic rings. The number of halogens is 3. The van der Waals surface area contributed by atoms with Gasteiger partial charge in [-0.25, -0.2) is 0 Å². The number of benzene rings is 1. The molecule has 1 unspecified atom stereocenters. The van der Waals surface area contributed by atoms with Crippen LogP contribution in [-0.4, -0.2) is 7.05 Å². The summed E-state index contributed by atoms with van der Waals surface area (Å²) in [7, 11) is 1.75. The van der Waals surface area contributed by atoms with Crippen molar-refractivity contribution in [2.75, 3.05) is 7.05 Å². The molecule has 1 heterocycles. The van der Waals surface area contributed by atoms with Crippen LogP contribution in [0, 0.1) is 0 Å². The minimum Gasteiger partial charge on any atom is -0.464 e. The van der Waals surface area contributed by atoms with Crippen LogP contribution in [0.5, 0.6) is 0 Å². The first-order valence-electron chi connectivity index (χ1n) is 6.38. The van der Waals surface area contributed by atoms with Gasteiger partial charge >= 0.3 is 6.18 Å². The van der Waals surface area contributed by atoms with E-state index in [9.17, 15) is 13.2 Å². The van der Waals surface area contributed by atoms with Gasteiger partial charge in [-0.05, 0) is 36.9 Å². The molecule has 108 valence electrons. The Hall–Kier alpha value is -1.75. The highest BCUT2D eigenvalue weighted by atomic mass is 19.4. The quantitative estimate of drug-likeness (QED) is 0.911. The molecule has 1 aromatic heterocycles. The van der Waals surface area contributed by atoms with E-state index in [0.717, 1.165) is 29.9 Å². The summed E-state index contributed by atoms with van der Waals surface area (Å²) in [6.45, 7) is 1.98. The fourth-order valence-corrected chi connectivity index (χ4v) is 2.08. The molecule has 0 aliphatic heterocycles. The van der Waals surface area contributed by atoms with Gasteiger partial charge in [-0.3, -0.25) is 0 Å². The number of nitrogens with one attached hydrogen (secondary N) is 1. The zero-order valence-electron chi connectivity index (χ0n) is 11.3. The number of hydrogen-bond donors (Lipinski definition) is 1. The minimum atomic E-state index is -4.31. The summed E-state index contributed by atoms with van der Waals surface area (Å²) < 4.78 is 43.3. The standard InChI is InChI=1S/C15H16F3NO/c1-3-12-8-9-13(20-12)14(19-2)10-4-6-11(7-5-10)15(16,17)18/h4-9,14,19H,3H2,1-2H3. The molecular formula is C15H16F3NO. The van der Waals surface area contributed by atoms with E-state index in [2.05, 4.69) is 5.32 Å². The molecule has 0 aliphatic carbocycles. The van der Waals surface area contributed by atoms with Gasteiger partial charge in [0.2, 0.25) is 0 Å². The van der Waals surface area contributed by atoms with E-state index in [0.29, 0.717) is 5.76 Å². The second-order valence-corrected chi connectivity index (χ2v) is 4.50. The molecule has 0 saturated carbocycles. The predicted molar refractivity (Wildman–Crippen MR) is 70.4 cm³/mol. The number of rotatable bonds is 4. The van der Waals surface area contributed by atoms with Gasteiger partial charge in [0.1, 0.15) is 11.5 Å². The van der Waals surface area contributed by atoms with E-state index in [1.807, 2.05) is 19.1 Å². The summed E-state index contributed by atoms with van der Waals surface area (Å²) in [4.78, 5) is 0. The average Bonchev–Trinajstić information content (AvgIpc) is 2.88. The van der Waals surface area contributed by atoms with Crippen LogP contribution in [0.1, 0.15) is 35.6 Å². The molecule has 0 fully saturated rings.